The van der Waals surface area contributed by atoms with Crippen molar-refractivity contribution in [3.63, 3.8) is 0 Å². The molecule has 0 saturated carbocycles. The van der Waals surface area contributed by atoms with Gasteiger partial charge in [0, 0.05) is 23.6 Å². The van der Waals surface area contributed by atoms with E-state index in [1.165, 1.54) is 22.2 Å². The monoisotopic (exact) mass is 432 g/mol. The minimum atomic E-state index is -3.95. The highest BCUT2D eigenvalue weighted by Gasteiger charge is 2.29. The zero-order valence-corrected chi connectivity index (χ0v) is 17.6. The highest BCUT2D eigenvalue weighted by molar-refractivity contribution is 7.90. The van der Waals surface area contributed by atoms with Crippen molar-refractivity contribution >= 4 is 48.5 Å². The molecule has 8 heteroatoms. The molecule has 7 nitrogen and oxygen atoms in total. The lowest BCUT2D eigenvalue weighted by Crippen LogP contribution is -2.30. The third kappa shape index (κ3) is 2.79. The molecule has 2 aromatic heterocycles. The third-order valence-corrected chi connectivity index (χ3v) is 7.35. The van der Waals surface area contributed by atoms with Crippen molar-refractivity contribution in [1.29, 1.82) is 0 Å². The van der Waals surface area contributed by atoms with Crippen LogP contribution in [-0.2, 0) is 17.1 Å². The van der Waals surface area contributed by atoms with E-state index in [4.69, 9.17) is 0 Å². The molecule has 0 atom stereocenters. The van der Waals surface area contributed by atoms with Gasteiger partial charge in [0.2, 0.25) is 11.0 Å². The van der Waals surface area contributed by atoms with Gasteiger partial charge in [0.1, 0.15) is 12.6 Å². The lowest BCUT2D eigenvalue weighted by atomic mass is 10.1. The van der Waals surface area contributed by atoms with Crippen LogP contribution in [0.25, 0.3) is 32.8 Å². The SMILES string of the molecule is Cc1ccc(S(=O)(=O)n2c3ccc([N+](=O)[O-])cc3c3c2cc2ccccc2[n+]3C)cc1. The number of benzene rings is 3. The number of nitro groups is 1. The molecule has 5 rings (SSSR count). The van der Waals surface area contributed by atoms with Crippen LogP contribution in [0.4, 0.5) is 5.69 Å². The second-order valence-corrected chi connectivity index (χ2v) is 9.32. The number of fused-ring (bicyclic) bond motifs is 4. The molecule has 2 heterocycles. The number of non-ortho nitro benzene ring substituents is 1. The number of rotatable bonds is 3. The number of para-hydroxylation sites is 1. The van der Waals surface area contributed by atoms with Crippen molar-refractivity contribution in [2.75, 3.05) is 0 Å². The summed E-state index contributed by atoms with van der Waals surface area (Å²) < 4.78 is 30.6. The van der Waals surface area contributed by atoms with Crippen molar-refractivity contribution in [1.82, 2.24) is 3.97 Å². The summed E-state index contributed by atoms with van der Waals surface area (Å²) in [6, 6.07) is 20.4. The molecule has 0 saturated heterocycles. The summed E-state index contributed by atoms with van der Waals surface area (Å²) in [6.07, 6.45) is 0. The molecule has 0 aliphatic carbocycles. The molecule has 0 N–H and O–H groups in total. The first kappa shape index (κ1) is 19.2. The average Bonchev–Trinajstić information content (AvgIpc) is 3.08. The summed E-state index contributed by atoms with van der Waals surface area (Å²) in [5, 5.41) is 12.8. The van der Waals surface area contributed by atoms with Crippen molar-refractivity contribution in [2.45, 2.75) is 11.8 Å². The minimum Gasteiger partial charge on any atom is -0.258 e. The lowest BCUT2D eigenvalue weighted by molar-refractivity contribution is -0.616. The van der Waals surface area contributed by atoms with E-state index in [0.29, 0.717) is 21.9 Å². The Hall–Kier alpha value is -3.78. The molecule has 0 aliphatic heterocycles. The quantitative estimate of drug-likeness (QED) is 0.243. The fourth-order valence-corrected chi connectivity index (χ4v) is 5.61. The maximum absolute atomic E-state index is 13.7. The molecule has 5 aromatic rings. The summed E-state index contributed by atoms with van der Waals surface area (Å²) in [6.45, 7) is 1.89. The Morgan fingerprint density at radius 1 is 0.935 bits per heavy atom. The Morgan fingerprint density at radius 2 is 1.65 bits per heavy atom. The van der Waals surface area contributed by atoms with E-state index in [2.05, 4.69) is 0 Å². The smallest absolute Gasteiger partial charge is 0.258 e. The molecule has 31 heavy (non-hydrogen) atoms. The molecular weight excluding hydrogens is 414 g/mol. The van der Waals surface area contributed by atoms with E-state index in [-0.39, 0.29) is 10.6 Å². The topological polar surface area (TPSA) is 86.1 Å². The minimum absolute atomic E-state index is 0.0903. The van der Waals surface area contributed by atoms with Gasteiger partial charge in [0.25, 0.3) is 15.7 Å². The number of hydrogen-bond acceptors (Lipinski definition) is 4. The molecule has 154 valence electrons. The highest BCUT2D eigenvalue weighted by Crippen LogP contribution is 2.34. The van der Waals surface area contributed by atoms with Gasteiger partial charge >= 0.3 is 0 Å². The van der Waals surface area contributed by atoms with Crippen molar-refractivity contribution in [3.8, 4) is 0 Å². The predicted molar refractivity (Wildman–Crippen MR) is 119 cm³/mol. The van der Waals surface area contributed by atoms with Crippen LogP contribution in [0.1, 0.15) is 5.56 Å². The van der Waals surface area contributed by atoms with Gasteiger partial charge in [-0.1, -0.05) is 29.8 Å². The van der Waals surface area contributed by atoms with Crippen LogP contribution in [0.3, 0.4) is 0 Å². The maximum atomic E-state index is 13.7. The standard InChI is InChI=1S/C23H18N3O4S/c1-15-7-10-18(11-8-15)31(29,30)25-21-12-9-17(26(27)28)14-19(21)23-22(25)13-16-5-3-4-6-20(16)24(23)2/h3-14H,1-2H3/q+1. The van der Waals surface area contributed by atoms with Crippen LogP contribution in [0, 0.1) is 17.0 Å². The molecule has 0 amide bonds. The van der Waals surface area contributed by atoms with Crippen molar-refractivity contribution in [2.24, 2.45) is 7.05 Å². The van der Waals surface area contributed by atoms with Crippen LogP contribution >= 0.6 is 0 Å². The Kier molecular flexibility index (Phi) is 4.10. The van der Waals surface area contributed by atoms with E-state index in [0.717, 1.165) is 16.5 Å². The molecule has 0 radical (unpaired) electrons. The van der Waals surface area contributed by atoms with E-state index in [9.17, 15) is 18.5 Å². The summed E-state index contributed by atoms with van der Waals surface area (Å²) in [5.41, 5.74) is 3.24. The fourth-order valence-electron chi connectivity index (χ4n) is 4.11. The van der Waals surface area contributed by atoms with E-state index in [1.807, 2.05) is 48.9 Å². The number of aromatic nitrogens is 2. The number of pyridine rings is 1. The van der Waals surface area contributed by atoms with Gasteiger partial charge < -0.3 is 0 Å². The van der Waals surface area contributed by atoms with Gasteiger partial charge in [0.05, 0.1) is 20.7 Å². The largest absolute Gasteiger partial charge is 0.270 e. The first-order chi connectivity index (χ1) is 14.8. The molecule has 3 aromatic carbocycles. The van der Waals surface area contributed by atoms with Crippen LogP contribution in [0.15, 0.2) is 77.7 Å². The van der Waals surface area contributed by atoms with Crippen LogP contribution in [0.2, 0.25) is 0 Å². The van der Waals surface area contributed by atoms with Crippen LogP contribution in [0.5, 0.6) is 0 Å². The molecule has 0 fully saturated rings. The Bertz CT molecular complexity index is 1640. The second-order valence-electron chi connectivity index (χ2n) is 7.54. The predicted octanol–water partition coefficient (Wildman–Crippen LogP) is 4.23. The number of aryl methyl sites for hydroxylation is 2. The first-order valence-corrected chi connectivity index (χ1v) is 11.1. The second kappa shape index (κ2) is 6.61. The molecule has 0 unspecified atom stereocenters. The Morgan fingerprint density at radius 3 is 2.35 bits per heavy atom. The van der Waals surface area contributed by atoms with Gasteiger partial charge in [0.15, 0.2) is 0 Å². The average molecular weight is 432 g/mol. The number of nitro benzene ring substituents is 1. The van der Waals surface area contributed by atoms with Crippen molar-refractivity contribution < 1.29 is 17.9 Å². The zero-order chi connectivity index (χ0) is 21.9. The Labute approximate surface area is 178 Å². The van der Waals surface area contributed by atoms with Gasteiger partial charge in [-0.2, -0.15) is 4.57 Å². The highest BCUT2D eigenvalue weighted by atomic mass is 32.2. The summed E-state index contributed by atoms with van der Waals surface area (Å²) in [4.78, 5) is 11.1. The Balaban J connectivity index is 2.00. The van der Waals surface area contributed by atoms with Gasteiger partial charge in [-0.25, -0.2) is 12.4 Å². The summed E-state index contributed by atoms with van der Waals surface area (Å²) in [7, 11) is -2.11. The van der Waals surface area contributed by atoms with E-state index >= 15 is 0 Å². The van der Waals surface area contributed by atoms with E-state index in [1.54, 1.807) is 24.3 Å². The number of hydrogen-bond donors (Lipinski definition) is 0. The zero-order valence-electron chi connectivity index (χ0n) is 16.8. The van der Waals surface area contributed by atoms with Gasteiger partial charge in [-0.15, -0.1) is 0 Å². The molecule has 0 spiro atoms. The molecule has 0 bridgehead atoms. The fraction of sp³-hybridized carbons (Fsp3) is 0.0870. The first-order valence-electron chi connectivity index (χ1n) is 9.61. The summed E-state index contributed by atoms with van der Waals surface area (Å²) >= 11 is 0. The van der Waals surface area contributed by atoms with Crippen LogP contribution < -0.4 is 4.57 Å². The van der Waals surface area contributed by atoms with Gasteiger partial charge in [-0.05, 0) is 37.3 Å². The van der Waals surface area contributed by atoms with Gasteiger partial charge in [-0.3, -0.25) is 10.1 Å². The van der Waals surface area contributed by atoms with Crippen LogP contribution in [-0.4, -0.2) is 17.3 Å². The molecule has 0 aliphatic rings. The van der Waals surface area contributed by atoms with Crippen molar-refractivity contribution in [3.05, 3.63) is 88.5 Å². The summed E-state index contributed by atoms with van der Waals surface area (Å²) in [5.74, 6) is 0. The maximum Gasteiger partial charge on any atom is 0.270 e. The lowest BCUT2D eigenvalue weighted by Gasteiger charge is -2.09. The number of nitrogens with zero attached hydrogens (tertiary/aromatic N) is 3. The third-order valence-electron chi connectivity index (χ3n) is 5.61. The normalized spacial score (nSPS) is 12.1. The van der Waals surface area contributed by atoms with E-state index < -0.39 is 14.9 Å². The molecular formula is C23H18N3O4S+.